The quantitative estimate of drug-likeness (QED) is 0.867. The van der Waals surface area contributed by atoms with Crippen molar-refractivity contribution in [1.29, 1.82) is 0 Å². The zero-order valence-electron chi connectivity index (χ0n) is 11.0. The second-order valence-corrected chi connectivity index (χ2v) is 4.44. The predicted molar refractivity (Wildman–Crippen MR) is 70.3 cm³/mol. The van der Waals surface area contributed by atoms with Crippen molar-refractivity contribution >= 4 is 0 Å². The van der Waals surface area contributed by atoms with Gasteiger partial charge >= 0.3 is 0 Å². The molecule has 1 fully saturated rings. The Morgan fingerprint density at radius 1 is 1.28 bits per heavy atom. The number of nitrogens with one attached hydrogen (secondary N) is 1. The Morgan fingerprint density at radius 2 is 2.00 bits per heavy atom. The van der Waals surface area contributed by atoms with E-state index in [0.717, 1.165) is 18.0 Å². The fourth-order valence-corrected chi connectivity index (χ4v) is 1.87. The smallest absolute Gasteiger partial charge is 0.161 e. The van der Waals surface area contributed by atoms with Gasteiger partial charge in [-0.05, 0) is 26.0 Å². The lowest BCUT2D eigenvalue weighted by molar-refractivity contribution is 0.00431. The molecular weight excluding hydrogens is 230 g/mol. The van der Waals surface area contributed by atoms with Gasteiger partial charge in [0.15, 0.2) is 11.5 Å². The van der Waals surface area contributed by atoms with E-state index in [4.69, 9.17) is 14.2 Å². The highest BCUT2D eigenvalue weighted by atomic mass is 16.5. The van der Waals surface area contributed by atoms with Gasteiger partial charge < -0.3 is 19.5 Å². The van der Waals surface area contributed by atoms with Crippen LogP contribution in [0.3, 0.4) is 0 Å². The maximum absolute atomic E-state index is 5.80. The molecule has 2 atom stereocenters. The first-order valence-electron chi connectivity index (χ1n) is 6.49. The highest BCUT2D eigenvalue weighted by Crippen LogP contribution is 2.26. The van der Waals surface area contributed by atoms with E-state index in [-0.39, 0.29) is 12.1 Å². The number of morpholine rings is 1. The van der Waals surface area contributed by atoms with Crippen LogP contribution in [-0.2, 0) is 4.74 Å². The molecule has 0 radical (unpaired) electrons. The van der Waals surface area contributed by atoms with Gasteiger partial charge in [-0.2, -0.15) is 0 Å². The first-order chi connectivity index (χ1) is 8.79. The van der Waals surface area contributed by atoms with Crippen molar-refractivity contribution in [3.8, 4) is 11.5 Å². The predicted octanol–water partition coefficient (Wildman–Crippen LogP) is 1.84. The minimum absolute atomic E-state index is 0.246. The lowest BCUT2D eigenvalue weighted by atomic mass is 10.2. The number of hydrogen-bond donors (Lipinski definition) is 1. The Kier molecular flexibility index (Phi) is 4.84. The monoisotopic (exact) mass is 251 g/mol. The molecule has 0 amide bonds. The lowest BCUT2D eigenvalue weighted by Gasteiger charge is -2.28. The molecule has 0 bridgehead atoms. The number of para-hydroxylation sites is 2. The Morgan fingerprint density at radius 3 is 2.61 bits per heavy atom. The van der Waals surface area contributed by atoms with Crippen molar-refractivity contribution in [3.05, 3.63) is 24.3 Å². The summed E-state index contributed by atoms with van der Waals surface area (Å²) in [4.78, 5) is 0. The average Bonchev–Trinajstić information content (AvgIpc) is 2.40. The van der Waals surface area contributed by atoms with E-state index in [2.05, 4.69) is 12.2 Å². The van der Waals surface area contributed by atoms with Crippen molar-refractivity contribution in [3.63, 3.8) is 0 Å². The van der Waals surface area contributed by atoms with Crippen LogP contribution < -0.4 is 14.8 Å². The van der Waals surface area contributed by atoms with Crippen LogP contribution in [0.5, 0.6) is 11.5 Å². The van der Waals surface area contributed by atoms with Gasteiger partial charge in [0.25, 0.3) is 0 Å². The fourth-order valence-electron chi connectivity index (χ4n) is 1.87. The van der Waals surface area contributed by atoms with Gasteiger partial charge in [-0.25, -0.2) is 0 Å². The van der Waals surface area contributed by atoms with Gasteiger partial charge in [-0.1, -0.05) is 12.1 Å². The molecule has 2 unspecified atom stereocenters. The summed E-state index contributed by atoms with van der Waals surface area (Å²) in [5.74, 6) is 1.59. The summed E-state index contributed by atoms with van der Waals surface area (Å²) in [6.07, 6.45) is 0.289. The Bertz CT molecular complexity index is 362. The molecule has 1 saturated heterocycles. The maximum Gasteiger partial charge on any atom is 0.161 e. The highest BCUT2D eigenvalue weighted by Gasteiger charge is 2.18. The van der Waals surface area contributed by atoms with Crippen molar-refractivity contribution in [1.82, 2.24) is 5.32 Å². The van der Waals surface area contributed by atoms with Crippen LogP contribution in [0, 0.1) is 0 Å². The topological polar surface area (TPSA) is 39.7 Å². The van der Waals surface area contributed by atoms with E-state index in [1.807, 2.05) is 31.2 Å². The van der Waals surface area contributed by atoms with Crippen LogP contribution in [-0.4, -0.2) is 38.5 Å². The van der Waals surface area contributed by atoms with Gasteiger partial charge in [-0.15, -0.1) is 0 Å². The Balaban J connectivity index is 1.86. The fraction of sp³-hybridized carbons (Fsp3) is 0.571. The molecule has 1 heterocycles. The maximum atomic E-state index is 5.80. The third-order valence-corrected chi connectivity index (χ3v) is 2.86. The van der Waals surface area contributed by atoms with Gasteiger partial charge in [0.2, 0.25) is 0 Å². The largest absolute Gasteiger partial charge is 0.490 e. The number of ether oxygens (including phenoxy) is 3. The lowest BCUT2D eigenvalue weighted by Crippen LogP contribution is -2.48. The third kappa shape index (κ3) is 3.62. The molecule has 18 heavy (non-hydrogen) atoms. The van der Waals surface area contributed by atoms with Gasteiger partial charge in [0, 0.05) is 6.54 Å². The van der Waals surface area contributed by atoms with E-state index < -0.39 is 0 Å². The van der Waals surface area contributed by atoms with Crippen LogP contribution in [0.25, 0.3) is 0 Å². The molecule has 100 valence electrons. The highest BCUT2D eigenvalue weighted by molar-refractivity contribution is 5.39. The van der Waals surface area contributed by atoms with Crippen molar-refractivity contribution in [2.45, 2.75) is 26.0 Å². The molecule has 1 aliphatic heterocycles. The molecular formula is C14H21NO3. The van der Waals surface area contributed by atoms with Gasteiger partial charge in [0.1, 0.15) is 6.61 Å². The van der Waals surface area contributed by atoms with Gasteiger partial charge in [-0.3, -0.25) is 0 Å². The van der Waals surface area contributed by atoms with Crippen LogP contribution in [0.2, 0.25) is 0 Å². The summed E-state index contributed by atoms with van der Waals surface area (Å²) in [5.41, 5.74) is 0. The van der Waals surface area contributed by atoms with Crippen LogP contribution in [0.15, 0.2) is 24.3 Å². The molecule has 2 rings (SSSR count). The van der Waals surface area contributed by atoms with Crippen molar-refractivity contribution in [2.24, 2.45) is 0 Å². The van der Waals surface area contributed by atoms with Crippen LogP contribution in [0.4, 0.5) is 0 Å². The number of benzene rings is 1. The van der Waals surface area contributed by atoms with E-state index in [1.54, 1.807) is 0 Å². The minimum atomic E-state index is 0.246. The molecule has 0 spiro atoms. The molecule has 1 aromatic carbocycles. The summed E-state index contributed by atoms with van der Waals surface area (Å²) in [6.45, 7) is 6.84. The van der Waals surface area contributed by atoms with Crippen LogP contribution >= 0.6 is 0 Å². The van der Waals surface area contributed by atoms with E-state index in [0.29, 0.717) is 19.8 Å². The molecule has 0 saturated carbocycles. The zero-order valence-corrected chi connectivity index (χ0v) is 11.0. The van der Waals surface area contributed by atoms with Crippen molar-refractivity contribution in [2.75, 3.05) is 26.4 Å². The zero-order chi connectivity index (χ0) is 12.8. The summed E-state index contributed by atoms with van der Waals surface area (Å²) < 4.78 is 16.9. The molecule has 0 aromatic heterocycles. The molecule has 1 N–H and O–H groups in total. The average molecular weight is 251 g/mol. The summed E-state index contributed by atoms with van der Waals surface area (Å²) >= 11 is 0. The second kappa shape index (κ2) is 6.61. The van der Waals surface area contributed by atoms with E-state index in [1.165, 1.54) is 0 Å². The summed E-state index contributed by atoms with van der Waals surface area (Å²) in [5, 5.41) is 3.40. The number of rotatable bonds is 5. The van der Waals surface area contributed by atoms with Gasteiger partial charge in [0.05, 0.1) is 25.4 Å². The minimum Gasteiger partial charge on any atom is -0.490 e. The molecule has 1 aliphatic rings. The summed E-state index contributed by atoms with van der Waals surface area (Å²) in [7, 11) is 0. The summed E-state index contributed by atoms with van der Waals surface area (Å²) in [6, 6.07) is 7.99. The molecule has 4 heteroatoms. The first kappa shape index (κ1) is 13.2. The SMILES string of the molecule is CCOc1ccccc1OCC1COC(C)CN1. The van der Waals surface area contributed by atoms with Crippen molar-refractivity contribution < 1.29 is 14.2 Å². The number of hydrogen-bond acceptors (Lipinski definition) is 4. The normalized spacial score (nSPS) is 23.7. The second-order valence-electron chi connectivity index (χ2n) is 4.44. The van der Waals surface area contributed by atoms with E-state index >= 15 is 0 Å². The molecule has 4 nitrogen and oxygen atoms in total. The molecule has 0 aliphatic carbocycles. The molecule has 1 aromatic rings. The standard InChI is InChI=1S/C14H21NO3/c1-3-16-13-6-4-5-7-14(13)18-10-12-9-17-11(2)8-15-12/h4-7,11-12,15H,3,8-10H2,1-2H3. The Hall–Kier alpha value is -1.26. The third-order valence-electron chi connectivity index (χ3n) is 2.86. The Labute approximate surface area is 108 Å². The first-order valence-corrected chi connectivity index (χ1v) is 6.49. The van der Waals surface area contributed by atoms with E-state index in [9.17, 15) is 0 Å². The van der Waals surface area contributed by atoms with Crippen LogP contribution in [0.1, 0.15) is 13.8 Å².